The van der Waals surface area contributed by atoms with E-state index in [0.29, 0.717) is 17.2 Å². The lowest BCUT2D eigenvalue weighted by Crippen LogP contribution is -2.36. The predicted octanol–water partition coefficient (Wildman–Crippen LogP) is 5.52. The number of carbonyl (C=O) groups excluding carboxylic acids is 3. The summed E-state index contributed by atoms with van der Waals surface area (Å²) in [4.78, 5) is 66.0. The highest BCUT2D eigenvalue weighted by Crippen LogP contribution is 2.35. The van der Waals surface area contributed by atoms with E-state index < -0.39 is 35.3 Å². The van der Waals surface area contributed by atoms with E-state index in [1.54, 1.807) is 63.5 Å². The topological polar surface area (TPSA) is 166 Å². The molecule has 5 heterocycles. The molecule has 15 heteroatoms. The number of hydrogen-bond acceptors (Lipinski definition) is 11. The summed E-state index contributed by atoms with van der Waals surface area (Å²) in [5, 5.41) is 11.7. The minimum atomic E-state index is -0.898. The zero-order chi connectivity index (χ0) is 33.3. The standard InChI is InChI=1S/C32H31N7O6S2/c1-32(2,3)45-31(43)38-25-13-24-19(14-34-25)11-20(47-24)15-36-28(41)22-12-23(44-4)26-35-16-21(30(42)39(22)26)37-27(40)17-5-7-18(8-6-17)29-33-9-10-46-29/h5-11,13-14,16,22-23H,12,15H2,1-4H3,(H,36,41)(H,37,40)(H,34,38,43)/t22-,23+/m0/s1. The lowest BCUT2D eigenvalue weighted by Gasteiger charge is -2.19. The van der Waals surface area contributed by atoms with Crippen LogP contribution < -0.4 is 21.5 Å². The van der Waals surface area contributed by atoms with Crippen LogP contribution in [0.1, 0.15) is 60.4 Å². The highest BCUT2D eigenvalue weighted by Gasteiger charge is 2.38. The smallest absolute Gasteiger partial charge is 0.413 e. The van der Waals surface area contributed by atoms with Gasteiger partial charge >= 0.3 is 6.09 Å². The molecule has 4 aromatic heterocycles. The Kier molecular flexibility index (Phi) is 8.86. The third kappa shape index (κ3) is 7.06. The number of nitrogens with one attached hydrogen (secondary N) is 3. The van der Waals surface area contributed by atoms with Crippen molar-refractivity contribution in [2.45, 2.75) is 51.5 Å². The maximum atomic E-state index is 13.6. The molecule has 0 aliphatic carbocycles. The number of fused-ring (bicyclic) bond motifs is 2. The van der Waals surface area contributed by atoms with Crippen LogP contribution in [0.3, 0.4) is 0 Å². The van der Waals surface area contributed by atoms with Gasteiger partial charge in [-0.2, -0.15) is 0 Å². The average Bonchev–Trinajstić information content (AvgIpc) is 3.79. The van der Waals surface area contributed by atoms with Gasteiger partial charge in [0.2, 0.25) is 5.91 Å². The second kappa shape index (κ2) is 13.0. The summed E-state index contributed by atoms with van der Waals surface area (Å²) >= 11 is 2.93. The number of thiazole rings is 1. The van der Waals surface area contributed by atoms with Crippen LogP contribution in [-0.2, 0) is 20.8 Å². The SMILES string of the molecule is CO[C@@H]1C[C@@H](C(=O)NCc2cc3cnc(NC(=O)OC(C)(C)C)cc3s2)n2c1ncc(NC(=O)c1ccc(-c3nccs3)cc1)c2=O. The van der Waals surface area contributed by atoms with Crippen molar-refractivity contribution in [3.63, 3.8) is 0 Å². The lowest BCUT2D eigenvalue weighted by molar-refractivity contribution is -0.124. The summed E-state index contributed by atoms with van der Waals surface area (Å²) in [7, 11) is 1.49. The summed E-state index contributed by atoms with van der Waals surface area (Å²) in [5.41, 5.74) is -0.0173. The van der Waals surface area contributed by atoms with Crippen LogP contribution in [-0.4, -0.2) is 50.1 Å². The van der Waals surface area contributed by atoms with Gasteiger partial charge in [0.05, 0.1) is 12.7 Å². The number of pyridine rings is 1. The predicted molar refractivity (Wildman–Crippen MR) is 179 cm³/mol. The van der Waals surface area contributed by atoms with Gasteiger partial charge in [0.25, 0.3) is 11.5 Å². The van der Waals surface area contributed by atoms with Gasteiger partial charge in [0.15, 0.2) is 0 Å². The molecule has 242 valence electrons. The molecular formula is C32H31N7O6S2. The average molecular weight is 674 g/mol. The molecule has 2 atom stereocenters. The van der Waals surface area contributed by atoms with Crippen molar-refractivity contribution in [3.05, 3.63) is 87.0 Å². The van der Waals surface area contributed by atoms with E-state index in [1.807, 2.05) is 11.4 Å². The van der Waals surface area contributed by atoms with Gasteiger partial charge in [0.1, 0.15) is 40.1 Å². The van der Waals surface area contributed by atoms with Crippen molar-refractivity contribution < 1.29 is 23.9 Å². The molecule has 0 unspecified atom stereocenters. The molecule has 0 bridgehead atoms. The fraction of sp³-hybridized carbons (Fsp3) is 0.281. The van der Waals surface area contributed by atoms with E-state index in [1.165, 1.54) is 40.5 Å². The van der Waals surface area contributed by atoms with Crippen LogP contribution in [0.2, 0.25) is 0 Å². The zero-order valence-corrected chi connectivity index (χ0v) is 27.5. The minimum absolute atomic E-state index is 0.0508. The fourth-order valence-electron chi connectivity index (χ4n) is 5.12. The Bertz CT molecular complexity index is 2020. The molecule has 1 aliphatic rings. The summed E-state index contributed by atoms with van der Waals surface area (Å²) in [6.45, 7) is 5.53. The summed E-state index contributed by atoms with van der Waals surface area (Å²) in [5.74, 6) is -0.221. The quantitative estimate of drug-likeness (QED) is 0.192. The molecule has 5 aromatic rings. The summed E-state index contributed by atoms with van der Waals surface area (Å²) in [6, 6.07) is 9.63. The summed E-state index contributed by atoms with van der Waals surface area (Å²) < 4.78 is 13.0. The lowest BCUT2D eigenvalue weighted by atomic mass is 10.1. The molecule has 0 spiro atoms. The van der Waals surface area contributed by atoms with Crippen LogP contribution in [0.25, 0.3) is 20.7 Å². The third-order valence-electron chi connectivity index (χ3n) is 7.24. The Morgan fingerprint density at radius 3 is 2.53 bits per heavy atom. The number of thiophene rings is 1. The number of carbonyl (C=O) groups is 3. The second-order valence-electron chi connectivity index (χ2n) is 11.7. The van der Waals surface area contributed by atoms with Gasteiger partial charge in [-0.25, -0.2) is 19.7 Å². The number of ether oxygens (including phenoxy) is 2. The molecule has 0 saturated carbocycles. The van der Waals surface area contributed by atoms with Crippen molar-refractivity contribution in [1.29, 1.82) is 0 Å². The Balaban J connectivity index is 1.14. The third-order valence-corrected chi connectivity index (χ3v) is 9.16. The Morgan fingerprint density at radius 1 is 1.04 bits per heavy atom. The van der Waals surface area contributed by atoms with Gasteiger partial charge in [-0.3, -0.25) is 24.3 Å². The molecule has 1 aliphatic heterocycles. The van der Waals surface area contributed by atoms with Crippen molar-refractivity contribution in [2.75, 3.05) is 17.7 Å². The van der Waals surface area contributed by atoms with Crippen LogP contribution in [0.15, 0.2) is 65.2 Å². The Morgan fingerprint density at radius 2 is 1.83 bits per heavy atom. The second-order valence-corrected chi connectivity index (χ2v) is 13.8. The molecule has 3 N–H and O–H groups in total. The first-order chi connectivity index (χ1) is 22.5. The number of amides is 3. The van der Waals surface area contributed by atoms with Gasteiger partial charge < -0.3 is 20.1 Å². The van der Waals surface area contributed by atoms with Gasteiger partial charge in [-0.1, -0.05) is 12.1 Å². The molecule has 6 rings (SSSR count). The molecule has 0 radical (unpaired) electrons. The van der Waals surface area contributed by atoms with E-state index in [9.17, 15) is 19.2 Å². The molecule has 13 nitrogen and oxygen atoms in total. The Hall–Kier alpha value is -4.99. The van der Waals surface area contributed by atoms with Crippen LogP contribution in [0.4, 0.5) is 16.3 Å². The fourth-order valence-corrected chi connectivity index (χ4v) is 6.77. The largest absolute Gasteiger partial charge is 0.444 e. The van der Waals surface area contributed by atoms with Crippen LogP contribution >= 0.6 is 22.7 Å². The number of benzene rings is 1. The molecule has 3 amide bonds. The molecule has 0 saturated heterocycles. The van der Waals surface area contributed by atoms with Gasteiger partial charge in [-0.15, -0.1) is 22.7 Å². The van der Waals surface area contributed by atoms with Gasteiger partial charge in [-0.05, 0) is 45.0 Å². The monoisotopic (exact) mass is 673 g/mol. The maximum absolute atomic E-state index is 13.6. The van der Waals surface area contributed by atoms with E-state index >= 15 is 0 Å². The molecule has 47 heavy (non-hydrogen) atoms. The Labute approximate surface area is 277 Å². The van der Waals surface area contributed by atoms with Crippen molar-refractivity contribution in [3.8, 4) is 10.6 Å². The van der Waals surface area contributed by atoms with Crippen LogP contribution in [0.5, 0.6) is 0 Å². The number of rotatable bonds is 8. The van der Waals surface area contributed by atoms with E-state index in [2.05, 4.69) is 30.9 Å². The minimum Gasteiger partial charge on any atom is -0.444 e. The summed E-state index contributed by atoms with van der Waals surface area (Å²) in [6.07, 6.45) is 3.66. The van der Waals surface area contributed by atoms with Crippen molar-refractivity contribution in [1.82, 2.24) is 24.8 Å². The molecule has 1 aromatic carbocycles. The number of anilines is 2. The zero-order valence-electron chi connectivity index (χ0n) is 25.9. The van der Waals surface area contributed by atoms with E-state index in [-0.39, 0.29) is 24.6 Å². The highest BCUT2D eigenvalue weighted by atomic mass is 32.1. The number of nitrogens with zero attached hydrogens (tertiary/aromatic N) is 4. The molecular weight excluding hydrogens is 643 g/mol. The number of aromatic nitrogens is 4. The van der Waals surface area contributed by atoms with E-state index in [0.717, 1.165) is 25.5 Å². The first kappa shape index (κ1) is 32.0. The number of methoxy groups -OCH3 is 1. The van der Waals surface area contributed by atoms with Crippen LogP contribution in [0, 0.1) is 0 Å². The van der Waals surface area contributed by atoms with Crippen molar-refractivity contribution in [2.24, 2.45) is 0 Å². The maximum Gasteiger partial charge on any atom is 0.413 e. The van der Waals surface area contributed by atoms with Gasteiger partial charge in [0, 0.05) is 57.4 Å². The molecule has 0 fully saturated rings. The van der Waals surface area contributed by atoms with E-state index in [4.69, 9.17) is 9.47 Å². The highest BCUT2D eigenvalue weighted by molar-refractivity contribution is 7.19. The first-order valence-corrected chi connectivity index (χ1v) is 16.3. The normalized spacial score (nSPS) is 15.7. The van der Waals surface area contributed by atoms with Crippen molar-refractivity contribution >= 4 is 62.2 Å². The number of hydrogen-bond donors (Lipinski definition) is 3. The first-order valence-electron chi connectivity index (χ1n) is 14.6.